The number of pyridine rings is 1. The number of methoxy groups -OCH3 is 1. The molecule has 0 unspecified atom stereocenters. The molecule has 2 rings (SSSR count). The minimum atomic E-state index is -3.80. The summed E-state index contributed by atoms with van der Waals surface area (Å²) < 4.78 is 29.0. The van der Waals surface area contributed by atoms with Crippen molar-refractivity contribution in [2.45, 2.75) is 18.5 Å². The summed E-state index contributed by atoms with van der Waals surface area (Å²) in [6.07, 6.45) is 2.75. The zero-order chi connectivity index (χ0) is 14.0. The van der Waals surface area contributed by atoms with Crippen LogP contribution in [-0.4, -0.2) is 30.1 Å². The van der Waals surface area contributed by atoms with Crippen molar-refractivity contribution in [3.8, 4) is 5.75 Å². The fourth-order valence-electron chi connectivity index (χ4n) is 1.64. The first kappa shape index (κ1) is 13.8. The first-order chi connectivity index (χ1) is 8.88. The van der Waals surface area contributed by atoms with Crippen LogP contribution >= 0.6 is 10.7 Å². The summed E-state index contributed by atoms with van der Waals surface area (Å²) in [5, 5.41) is -0.172. The van der Waals surface area contributed by atoms with Crippen molar-refractivity contribution in [1.29, 1.82) is 0 Å². The Morgan fingerprint density at radius 2 is 2.16 bits per heavy atom. The van der Waals surface area contributed by atoms with E-state index < -0.39 is 9.05 Å². The molecule has 0 saturated carbocycles. The van der Waals surface area contributed by atoms with E-state index in [1.54, 1.807) is 17.7 Å². The maximum absolute atomic E-state index is 11.1. The maximum Gasteiger partial charge on any atom is 0.280 e. The number of rotatable bonds is 4. The number of hydrogen-bond acceptors (Lipinski definition) is 5. The molecule has 8 heteroatoms. The maximum atomic E-state index is 11.1. The molecule has 0 atom stereocenters. The SMILES string of the molecule is COc1cc(C)nc(Cn2cnc(S(=O)(=O)Cl)c2)c1. The molecule has 0 fully saturated rings. The monoisotopic (exact) mass is 301 g/mol. The lowest BCUT2D eigenvalue weighted by Gasteiger charge is -2.06. The van der Waals surface area contributed by atoms with Gasteiger partial charge >= 0.3 is 0 Å². The van der Waals surface area contributed by atoms with E-state index in [-0.39, 0.29) is 5.03 Å². The van der Waals surface area contributed by atoms with Gasteiger partial charge < -0.3 is 9.30 Å². The molecule has 6 nitrogen and oxygen atoms in total. The summed E-state index contributed by atoms with van der Waals surface area (Å²) in [5.74, 6) is 0.702. The number of nitrogens with zero attached hydrogens (tertiary/aromatic N) is 3. The second kappa shape index (κ2) is 5.18. The van der Waals surface area contributed by atoms with Crippen LogP contribution in [0.5, 0.6) is 5.75 Å². The lowest BCUT2D eigenvalue weighted by molar-refractivity contribution is 0.413. The fraction of sp³-hybridized carbons (Fsp3) is 0.273. The van der Waals surface area contributed by atoms with Crippen molar-refractivity contribution >= 4 is 19.7 Å². The number of imidazole rings is 1. The molecule has 2 aromatic rings. The average Bonchev–Trinajstić information content (AvgIpc) is 2.76. The minimum absolute atomic E-state index is 0.172. The van der Waals surface area contributed by atoms with E-state index in [9.17, 15) is 8.42 Å². The number of ether oxygens (including phenoxy) is 1. The molecule has 0 spiro atoms. The molecular formula is C11H12ClN3O3S. The van der Waals surface area contributed by atoms with Crippen LogP contribution in [0.1, 0.15) is 11.4 Å². The molecule has 0 aliphatic heterocycles. The van der Waals surface area contributed by atoms with E-state index in [2.05, 4.69) is 9.97 Å². The molecule has 102 valence electrons. The number of aryl methyl sites for hydroxylation is 1. The van der Waals surface area contributed by atoms with Crippen LogP contribution in [0.3, 0.4) is 0 Å². The van der Waals surface area contributed by atoms with Crippen molar-refractivity contribution < 1.29 is 13.2 Å². The molecule has 0 aliphatic carbocycles. The molecular weight excluding hydrogens is 290 g/mol. The summed E-state index contributed by atoms with van der Waals surface area (Å²) in [5.41, 5.74) is 1.56. The van der Waals surface area contributed by atoms with Crippen LogP contribution in [0.25, 0.3) is 0 Å². The second-order valence-corrected chi connectivity index (χ2v) is 6.47. The average molecular weight is 302 g/mol. The predicted molar refractivity (Wildman–Crippen MR) is 69.9 cm³/mol. The molecule has 0 bridgehead atoms. The lowest BCUT2D eigenvalue weighted by Crippen LogP contribution is -2.01. The van der Waals surface area contributed by atoms with E-state index in [0.717, 1.165) is 11.4 Å². The molecule has 0 amide bonds. The van der Waals surface area contributed by atoms with Crippen LogP contribution in [0.4, 0.5) is 0 Å². The zero-order valence-electron chi connectivity index (χ0n) is 10.4. The van der Waals surface area contributed by atoms with Gasteiger partial charge in [-0.3, -0.25) is 4.98 Å². The van der Waals surface area contributed by atoms with Crippen molar-refractivity contribution in [3.63, 3.8) is 0 Å². The third-order valence-electron chi connectivity index (χ3n) is 2.42. The normalized spacial score (nSPS) is 11.5. The first-order valence-corrected chi connectivity index (χ1v) is 7.67. The summed E-state index contributed by atoms with van der Waals surface area (Å²) in [7, 11) is 2.99. The summed E-state index contributed by atoms with van der Waals surface area (Å²) in [6, 6.07) is 3.59. The van der Waals surface area contributed by atoms with Gasteiger partial charge in [-0.2, -0.15) is 0 Å². The predicted octanol–water partition coefficient (Wildman–Crippen LogP) is 1.57. The Bertz CT molecular complexity index is 697. The number of hydrogen-bond donors (Lipinski definition) is 0. The van der Waals surface area contributed by atoms with Gasteiger partial charge in [0.1, 0.15) is 5.75 Å². The molecule has 2 aromatic heterocycles. The van der Waals surface area contributed by atoms with Crippen molar-refractivity contribution in [2.24, 2.45) is 0 Å². The molecule has 0 radical (unpaired) electrons. The fourth-order valence-corrected chi connectivity index (χ4v) is 2.31. The topological polar surface area (TPSA) is 74.1 Å². The second-order valence-electron chi connectivity index (χ2n) is 3.96. The Hall–Kier alpha value is -1.60. The van der Waals surface area contributed by atoms with Gasteiger partial charge in [0.05, 0.1) is 25.7 Å². The van der Waals surface area contributed by atoms with Gasteiger partial charge in [-0.1, -0.05) is 0 Å². The number of halogens is 1. The highest BCUT2D eigenvalue weighted by Crippen LogP contribution is 2.16. The van der Waals surface area contributed by atoms with Crippen LogP contribution in [0, 0.1) is 6.92 Å². The van der Waals surface area contributed by atoms with E-state index in [4.69, 9.17) is 15.4 Å². The van der Waals surface area contributed by atoms with Gasteiger partial charge in [0.2, 0.25) is 0 Å². The Morgan fingerprint density at radius 3 is 2.74 bits per heavy atom. The van der Waals surface area contributed by atoms with Gasteiger partial charge in [-0.05, 0) is 6.92 Å². The minimum Gasteiger partial charge on any atom is -0.497 e. The largest absolute Gasteiger partial charge is 0.497 e. The third-order valence-corrected chi connectivity index (χ3v) is 3.60. The highest BCUT2D eigenvalue weighted by Gasteiger charge is 2.13. The molecule has 0 saturated heterocycles. The highest BCUT2D eigenvalue weighted by atomic mass is 35.7. The van der Waals surface area contributed by atoms with Crippen LogP contribution in [-0.2, 0) is 15.6 Å². The Balaban J connectivity index is 2.26. The summed E-state index contributed by atoms with van der Waals surface area (Å²) >= 11 is 0. The van der Waals surface area contributed by atoms with Gasteiger partial charge in [0.25, 0.3) is 9.05 Å². The molecule has 0 aliphatic rings. The Kier molecular flexibility index (Phi) is 3.77. The van der Waals surface area contributed by atoms with Crippen molar-refractivity contribution in [2.75, 3.05) is 7.11 Å². The van der Waals surface area contributed by atoms with E-state index in [1.807, 2.05) is 13.0 Å². The lowest BCUT2D eigenvalue weighted by atomic mass is 10.3. The highest BCUT2D eigenvalue weighted by molar-refractivity contribution is 8.13. The third kappa shape index (κ3) is 3.45. The molecule has 19 heavy (non-hydrogen) atoms. The standard InChI is InChI=1S/C11H12ClN3O3S/c1-8-3-10(18-2)4-9(14-8)5-15-6-11(13-7-15)19(12,16)17/h3-4,6-7H,5H2,1-2H3. The van der Waals surface area contributed by atoms with Gasteiger partial charge in [0, 0.05) is 34.7 Å². The van der Waals surface area contributed by atoms with Crippen molar-refractivity contribution in [1.82, 2.24) is 14.5 Å². The molecule has 0 N–H and O–H groups in total. The Morgan fingerprint density at radius 1 is 1.42 bits per heavy atom. The van der Waals surface area contributed by atoms with E-state index in [0.29, 0.717) is 12.3 Å². The van der Waals surface area contributed by atoms with Gasteiger partial charge in [-0.15, -0.1) is 0 Å². The molecule has 0 aromatic carbocycles. The smallest absolute Gasteiger partial charge is 0.280 e. The van der Waals surface area contributed by atoms with Crippen LogP contribution in [0.15, 0.2) is 29.7 Å². The van der Waals surface area contributed by atoms with Crippen LogP contribution < -0.4 is 4.74 Å². The summed E-state index contributed by atoms with van der Waals surface area (Å²) in [6.45, 7) is 2.24. The Labute approximate surface area is 115 Å². The van der Waals surface area contributed by atoms with E-state index >= 15 is 0 Å². The molecule has 2 heterocycles. The number of aromatic nitrogens is 3. The summed E-state index contributed by atoms with van der Waals surface area (Å²) in [4.78, 5) is 8.07. The quantitative estimate of drug-likeness (QED) is 0.801. The zero-order valence-corrected chi connectivity index (χ0v) is 11.9. The van der Waals surface area contributed by atoms with Crippen LogP contribution in [0.2, 0.25) is 0 Å². The first-order valence-electron chi connectivity index (χ1n) is 5.36. The van der Waals surface area contributed by atoms with E-state index in [1.165, 1.54) is 12.5 Å². The van der Waals surface area contributed by atoms with Crippen molar-refractivity contribution in [3.05, 3.63) is 36.0 Å². The van der Waals surface area contributed by atoms with Gasteiger partial charge in [0.15, 0.2) is 5.03 Å². The van der Waals surface area contributed by atoms with Gasteiger partial charge in [-0.25, -0.2) is 13.4 Å².